The van der Waals surface area contributed by atoms with Crippen LogP contribution in [-0.2, 0) is 14.3 Å². The van der Waals surface area contributed by atoms with Crippen molar-refractivity contribution in [3.63, 3.8) is 0 Å². The van der Waals surface area contributed by atoms with Crippen LogP contribution in [0.25, 0.3) is 5.76 Å². The van der Waals surface area contributed by atoms with E-state index in [0.717, 1.165) is 0 Å². The summed E-state index contributed by atoms with van der Waals surface area (Å²) in [6, 6.07) is 10.7. The van der Waals surface area contributed by atoms with Crippen molar-refractivity contribution in [3.8, 4) is 5.75 Å². The molecule has 6 nitrogen and oxygen atoms in total. The van der Waals surface area contributed by atoms with E-state index in [4.69, 9.17) is 32.7 Å². The number of rotatable bonds is 9. The number of halogens is 2. The molecule has 2 aromatic carbocycles. The van der Waals surface area contributed by atoms with E-state index in [1.165, 1.54) is 4.90 Å². The van der Waals surface area contributed by atoms with Crippen molar-refractivity contribution in [2.45, 2.75) is 12.5 Å². The number of ketones is 1. The van der Waals surface area contributed by atoms with Crippen molar-refractivity contribution in [1.82, 2.24) is 4.90 Å². The lowest BCUT2D eigenvalue weighted by Crippen LogP contribution is -2.31. The molecule has 2 aromatic rings. The highest BCUT2D eigenvalue weighted by molar-refractivity contribution is 6.46. The average molecular weight is 476 g/mol. The number of Topliss-reactive ketones (excluding diaryl/α,β-unsaturated/α-hetero) is 1. The number of carbonyl (C=O) groups is 2. The molecule has 1 atom stereocenters. The summed E-state index contributed by atoms with van der Waals surface area (Å²) in [6.07, 6.45) is 2.15. The van der Waals surface area contributed by atoms with Gasteiger partial charge in [0.2, 0.25) is 0 Å². The van der Waals surface area contributed by atoms with Crippen LogP contribution in [0.3, 0.4) is 0 Å². The van der Waals surface area contributed by atoms with Gasteiger partial charge >= 0.3 is 0 Å². The van der Waals surface area contributed by atoms with Crippen molar-refractivity contribution in [1.29, 1.82) is 0 Å². The molecule has 0 radical (unpaired) electrons. The van der Waals surface area contributed by atoms with Gasteiger partial charge in [0.05, 0.1) is 21.7 Å². The van der Waals surface area contributed by atoms with E-state index in [1.54, 1.807) is 55.7 Å². The van der Waals surface area contributed by atoms with Gasteiger partial charge in [-0.15, -0.1) is 0 Å². The zero-order valence-electron chi connectivity index (χ0n) is 17.5. The number of amides is 1. The minimum atomic E-state index is -0.807. The maximum Gasteiger partial charge on any atom is 0.295 e. The van der Waals surface area contributed by atoms with Gasteiger partial charge in [0.15, 0.2) is 0 Å². The van der Waals surface area contributed by atoms with Crippen LogP contribution in [0.2, 0.25) is 10.0 Å². The summed E-state index contributed by atoms with van der Waals surface area (Å²) < 4.78 is 10.5. The van der Waals surface area contributed by atoms with Crippen molar-refractivity contribution < 1.29 is 24.2 Å². The highest BCUT2D eigenvalue weighted by atomic mass is 35.5. The van der Waals surface area contributed by atoms with Crippen LogP contribution in [-0.4, -0.2) is 48.6 Å². The quantitative estimate of drug-likeness (QED) is 0.181. The fourth-order valence-corrected chi connectivity index (χ4v) is 3.85. The van der Waals surface area contributed by atoms with Crippen LogP contribution in [0.5, 0.6) is 5.75 Å². The molecule has 0 saturated carbocycles. The molecule has 1 fully saturated rings. The molecule has 1 saturated heterocycles. The molecule has 1 heterocycles. The maximum absolute atomic E-state index is 13.0. The molecule has 1 N–H and O–H groups in total. The van der Waals surface area contributed by atoms with Gasteiger partial charge in [-0.2, -0.15) is 0 Å². The molecular weight excluding hydrogens is 453 g/mol. The standard InChI is InChI=1S/C24H23Cl2NO5/c1-3-12-32-17-8-5-15(6-9-17)22(28)20-21(16-7-10-18(25)19(26)14-16)27(11-4-13-31-2)24(30)23(20)29/h3,5-10,14,21,28H,1,4,11-13H2,2H3/t21-/m0/s1. The Morgan fingerprint density at radius 3 is 2.50 bits per heavy atom. The van der Waals surface area contributed by atoms with E-state index in [1.807, 2.05) is 0 Å². The first-order valence-corrected chi connectivity index (χ1v) is 10.7. The number of ether oxygens (including phenoxy) is 2. The summed E-state index contributed by atoms with van der Waals surface area (Å²) in [5.41, 5.74) is 0.949. The van der Waals surface area contributed by atoms with Gasteiger partial charge in [0.25, 0.3) is 11.7 Å². The van der Waals surface area contributed by atoms with Gasteiger partial charge < -0.3 is 19.5 Å². The summed E-state index contributed by atoms with van der Waals surface area (Å²) in [5, 5.41) is 11.7. The number of benzene rings is 2. The van der Waals surface area contributed by atoms with Gasteiger partial charge in [-0.1, -0.05) is 41.9 Å². The van der Waals surface area contributed by atoms with Crippen LogP contribution in [0.15, 0.2) is 60.7 Å². The third kappa shape index (κ3) is 4.99. The number of aliphatic hydroxyl groups excluding tert-OH is 1. The number of hydrogen-bond acceptors (Lipinski definition) is 5. The fourth-order valence-electron chi connectivity index (χ4n) is 3.54. The molecule has 1 aliphatic rings. The Hall–Kier alpha value is -2.80. The Morgan fingerprint density at radius 2 is 1.88 bits per heavy atom. The predicted molar refractivity (Wildman–Crippen MR) is 124 cm³/mol. The first kappa shape index (κ1) is 23.9. The third-order valence-electron chi connectivity index (χ3n) is 5.04. The predicted octanol–water partition coefficient (Wildman–Crippen LogP) is 5.02. The summed E-state index contributed by atoms with van der Waals surface area (Å²) in [4.78, 5) is 27.3. The van der Waals surface area contributed by atoms with E-state index >= 15 is 0 Å². The second-order valence-corrected chi connectivity index (χ2v) is 7.95. The molecular formula is C24H23Cl2NO5. The molecule has 32 heavy (non-hydrogen) atoms. The minimum Gasteiger partial charge on any atom is -0.507 e. The number of likely N-dealkylation sites (tertiary alicyclic amines) is 1. The molecule has 0 spiro atoms. The number of hydrogen-bond donors (Lipinski definition) is 1. The third-order valence-corrected chi connectivity index (χ3v) is 5.78. The molecule has 3 rings (SSSR count). The molecule has 168 valence electrons. The highest BCUT2D eigenvalue weighted by Crippen LogP contribution is 2.41. The van der Waals surface area contributed by atoms with Crippen molar-refractivity contribution in [2.75, 3.05) is 26.9 Å². The summed E-state index contributed by atoms with van der Waals surface area (Å²) in [6.45, 7) is 4.63. The zero-order chi connectivity index (χ0) is 23.3. The van der Waals surface area contributed by atoms with Gasteiger partial charge in [-0.05, 0) is 48.4 Å². The topological polar surface area (TPSA) is 76.1 Å². The Labute approximate surface area is 196 Å². The fraction of sp³-hybridized carbons (Fsp3) is 0.250. The minimum absolute atomic E-state index is 0.00874. The SMILES string of the molecule is C=CCOc1ccc(C(O)=C2C(=O)C(=O)N(CCCOC)[C@H]2c2ccc(Cl)c(Cl)c2)cc1. The maximum atomic E-state index is 13.0. The van der Waals surface area contributed by atoms with Crippen LogP contribution in [0, 0.1) is 0 Å². The Bertz CT molecular complexity index is 1050. The van der Waals surface area contributed by atoms with Crippen LogP contribution >= 0.6 is 23.2 Å². The molecule has 8 heteroatoms. The van der Waals surface area contributed by atoms with Crippen molar-refractivity contribution >= 4 is 40.7 Å². The second-order valence-electron chi connectivity index (χ2n) is 7.14. The second kappa shape index (κ2) is 10.7. The Morgan fingerprint density at radius 1 is 1.16 bits per heavy atom. The van der Waals surface area contributed by atoms with E-state index in [0.29, 0.717) is 41.5 Å². The number of aliphatic hydroxyl groups is 1. The Balaban J connectivity index is 2.07. The van der Waals surface area contributed by atoms with E-state index in [9.17, 15) is 14.7 Å². The lowest BCUT2D eigenvalue weighted by molar-refractivity contribution is -0.140. The number of nitrogens with zero attached hydrogens (tertiary/aromatic N) is 1. The Kier molecular flexibility index (Phi) is 7.96. The lowest BCUT2D eigenvalue weighted by atomic mass is 9.95. The van der Waals surface area contributed by atoms with Crippen LogP contribution in [0.4, 0.5) is 0 Å². The van der Waals surface area contributed by atoms with Crippen molar-refractivity contribution in [3.05, 3.63) is 81.9 Å². The molecule has 0 unspecified atom stereocenters. The smallest absolute Gasteiger partial charge is 0.295 e. The molecule has 1 aliphatic heterocycles. The van der Waals surface area contributed by atoms with E-state index in [-0.39, 0.29) is 22.9 Å². The summed E-state index contributed by atoms with van der Waals surface area (Å²) in [5.74, 6) is -1.14. The molecule has 0 bridgehead atoms. The lowest BCUT2D eigenvalue weighted by Gasteiger charge is -2.25. The van der Waals surface area contributed by atoms with Gasteiger partial charge in [-0.25, -0.2) is 0 Å². The molecule has 1 amide bonds. The first-order chi connectivity index (χ1) is 15.4. The largest absolute Gasteiger partial charge is 0.507 e. The van der Waals surface area contributed by atoms with Gasteiger partial charge in [0.1, 0.15) is 18.1 Å². The zero-order valence-corrected chi connectivity index (χ0v) is 19.0. The molecule has 0 aromatic heterocycles. The van der Waals surface area contributed by atoms with Crippen LogP contribution in [0.1, 0.15) is 23.6 Å². The van der Waals surface area contributed by atoms with Gasteiger partial charge in [-0.3, -0.25) is 9.59 Å². The number of methoxy groups -OCH3 is 1. The summed E-state index contributed by atoms with van der Waals surface area (Å²) in [7, 11) is 1.56. The van der Waals surface area contributed by atoms with E-state index < -0.39 is 17.7 Å². The highest BCUT2D eigenvalue weighted by Gasteiger charge is 2.45. The summed E-state index contributed by atoms with van der Waals surface area (Å²) >= 11 is 12.3. The molecule has 0 aliphatic carbocycles. The van der Waals surface area contributed by atoms with Crippen molar-refractivity contribution in [2.24, 2.45) is 0 Å². The number of carbonyl (C=O) groups excluding carboxylic acids is 2. The van der Waals surface area contributed by atoms with E-state index in [2.05, 4.69) is 6.58 Å². The van der Waals surface area contributed by atoms with Crippen LogP contribution < -0.4 is 4.74 Å². The van der Waals surface area contributed by atoms with Gasteiger partial charge in [0, 0.05) is 25.8 Å². The average Bonchev–Trinajstić information content (AvgIpc) is 3.04. The normalized spacial score (nSPS) is 17.6. The first-order valence-electron chi connectivity index (χ1n) is 9.95. The monoisotopic (exact) mass is 475 g/mol.